The predicted octanol–water partition coefficient (Wildman–Crippen LogP) is 3.87. The molecule has 1 aromatic carbocycles. The Labute approximate surface area is 146 Å². The molecule has 1 aromatic rings. The fourth-order valence-corrected chi connectivity index (χ4v) is 4.88. The van der Waals surface area contributed by atoms with Gasteiger partial charge in [-0.25, -0.2) is 0 Å². The molecule has 24 heavy (non-hydrogen) atoms. The molecular weight excluding hydrogens is 296 g/mol. The standard InChI is InChI=1S/C21H30N2O/c24-21(23-15-12-18-8-4-5-9-20(18)23)19-10-13-22(14-11-19)16-17-6-2-1-3-7-17/h4-5,8-9,17,19H,1-3,6-7,10-16H2. The number of hydrogen-bond acceptors (Lipinski definition) is 2. The molecule has 1 saturated carbocycles. The van der Waals surface area contributed by atoms with Gasteiger partial charge in [-0.05, 0) is 62.7 Å². The Morgan fingerprint density at radius 2 is 1.71 bits per heavy atom. The summed E-state index contributed by atoms with van der Waals surface area (Å²) in [6.45, 7) is 4.37. The molecule has 1 amide bonds. The van der Waals surface area contributed by atoms with E-state index in [1.54, 1.807) is 0 Å². The van der Waals surface area contributed by atoms with Gasteiger partial charge >= 0.3 is 0 Å². The van der Waals surface area contributed by atoms with Crippen molar-refractivity contribution in [3.8, 4) is 0 Å². The van der Waals surface area contributed by atoms with E-state index in [2.05, 4.69) is 34.1 Å². The maximum Gasteiger partial charge on any atom is 0.230 e. The van der Waals surface area contributed by atoms with Crippen LogP contribution in [0.25, 0.3) is 0 Å². The smallest absolute Gasteiger partial charge is 0.230 e. The Hall–Kier alpha value is -1.35. The van der Waals surface area contributed by atoms with Crippen LogP contribution in [0.2, 0.25) is 0 Å². The average Bonchev–Trinajstić information content (AvgIpc) is 3.07. The van der Waals surface area contributed by atoms with Crippen molar-refractivity contribution in [2.75, 3.05) is 31.1 Å². The third kappa shape index (κ3) is 3.37. The van der Waals surface area contributed by atoms with E-state index in [-0.39, 0.29) is 5.92 Å². The molecule has 2 aliphatic heterocycles. The lowest BCUT2D eigenvalue weighted by Crippen LogP contribution is -2.43. The number of amides is 1. The number of likely N-dealkylation sites (tertiary alicyclic amines) is 1. The van der Waals surface area contributed by atoms with E-state index in [4.69, 9.17) is 0 Å². The van der Waals surface area contributed by atoms with Crippen LogP contribution in [-0.2, 0) is 11.2 Å². The molecule has 3 aliphatic rings. The van der Waals surface area contributed by atoms with E-state index < -0.39 is 0 Å². The highest BCUT2D eigenvalue weighted by atomic mass is 16.2. The summed E-state index contributed by atoms with van der Waals surface area (Å²) in [5.74, 6) is 1.52. The van der Waals surface area contributed by atoms with Crippen molar-refractivity contribution in [2.24, 2.45) is 11.8 Å². The third-order valence-electron chi connectivity index (χ3n) is 6.33. The molecule has 0 unspecified atom stereocenters. The number of carbonyl (C=O) groups is 1. The first-order valence-electron chi connectivity index (χ1n) is 9.93. The van der Waals surface area contributed by atoms with Gasteiger partial charge in [-0.15, -0.1) is 0 Å². The zero-order valence-electron chi connectivity index (χ0n) is 14.8. The molecule has 0 spiro atoms. The number of hydrogen-bond donors (Lipinski definition) is 0. The second kappa shape index (κ2) is 7.26. The minimum absolute atomic E-state index is 0.235. The van der Waals surface area contributed by atoms with Gasteiger partial charge in [-0.1, -0.05) is 37.5 Å². The zero-order valence-corrected chi connectivity index (χ0v) is 14.8. The van der Waals surface area contributed by atoms with Crippen molar-refractivity contribution < 1.29 is 4.79 Å². The van der Waals surface area contributed by atoms with Gasteiger partial charge in [0.2, 0.25) is 5.91 Å². The van der Waals surface area contributed by atoms with Crippen LogP contribution in [0.4, 0.5) is 5.69 Å². The number of para-hydroxylation sites is 1. The molecule has 4 rings (SSSR count). The number of carbonyl (C=O) groups excluding carboxylic acids is 1. The molecule has 0 radical (unpaired) electrons. The Morgan fingerprint density at radius 3 is 2.50 bits per heavy atom. The van der Waals surface area contributed by atoms with Gasteiger partial charge in [-0.3, -0.25) is 4.79 Å². The number of fused-ring (bicyclic) bond motifs is 1. The van der Waals surface area contributed by atoms with E-state index in [1.807, 2.05) is 0 Å². The maximum absolute atomic E-state index is 13.0. The van der Waals surface area contributed by atoms with Crippen molar-refractivity contribution in [3.63, 3.8) is 0 Å². The Bertz CT molecular complexity index is 571. The van der Waals surface area contributed by atoms with Crippen LogP contribution in [-0.4, -0.2) is 37.0 Å². The van der Waals surface area contributed by atoms with Gasteiger partial charge in [0, 0.05) is 24.7 Å². The van der Waals surface area contributed by atoms with Crippen molar-refractivity contribution in [2.45, 2.75) is 51.4 Å². The van der Waals surface area contributed by atoms with Gasteiger partial charge in [-0.2, -0.15) is 0 Å². The van der Waals surface area contributed by atoms with E-state index >= 15 is 0 Å². The Kier molecular flexibility index (Phi) is 4.88. The fourth-order valence-electron chi connectivity index (χ4n) is 4.88. The van der Waals surface area contributed by atoms with Crippen molar-refractivity contribution in [3.05, 3.63) is 29.8 Å². The molecule has 0 atom stereocenters. The molecule has 0 aromatic heterocycles. The molecule has 130 valence electrons. The van der Waals surface area contributed by atoms with E-state index in [9.17, 15) is 4.79 Å². The van der Waals surface area contributed by atoms with Crippen LogP contribution in [0.3, 0.4) is 0 Å². The fraction of sp³-hybridized carbons (Fsp3) is 0.667. The minimum atomic E-state index is 0.235. The summed E-state index contributed by atoms with van der Waals surface area (Å²) in [7, 11) is 0. The molecular formula is C21H30N2O. The Balaban J connectivity index is 1.30. The number of nitrogens with zero attached hydrogens (tertiary/aromatic N) is 2. The summed E-state index contributed by atoms with van der Waals surface area (Å²) in [4.78, 5) is 17.6. The first-order valence-corrected chi connectivity index (χ1v) is 9.93. The van der Waals surface area contributed by atoms with Crippen LogP contribution >= 0.6 is 0 Å². The van der Waals surface area contributed by atoms with Crippen molar-refractivity contribution in [1.29, 1.82) is 0 Å². The first kappa shape index (κ1) is 16.1. The quantitative estimate of drug-likeness (QED) is 0.842. The summed E-state index contributed by atoms with van der Waals surface area (Å²) in [6, 6.07) is 8.40. The second-order valence-electron chi connectivity index (χ2n) is 7.95. The molecule has 1 aliphatic carbocycles. The van der Waals surface area contributed by atoms with Gasteiger partial charge in [0.15, 0.2) is 0 Å². The zero-order chi connectivity index (χ0) is 16.4. The average molecular weight is 326 g/mol. The van der Waals surface area contributed by atoms with Gasteiger partial charge in [0.25, 0.3) is 0 Å². The minimum Gasteiger partial charge on any atom is -0.312 e. The van der Waals surface area contributed by atoms with Gasteiger partial charge < -0.3 is 9.80 Å². The molecule has 3 heteroatoms. The highest BCUT2D eigenvalue weighted by molar-refractivity contribution is 5.97. The summed E-state index contributed by atoms with van der Waals surface area (Å²) < 4.78 is 0. The van der Waals surface area contributed by atoms with Crippen molar-refractivity contribution >= 4 is 11.6 Å². The largest absolute Gasteiger partial charge is 0.312 e. The Morgan fingerprint density at radius 1 is 0.958 bits per heavy atom. The summed E-state index contributed by atoms with van der Waals surface area (Å²) in [5, 5.41) is 0. The first-order chi connectivity index (χ1) is 11.8. The summed E-state index contributed by atoms with van der Waals surface area (Å²) >= 11 is 0. The van der Waals surface area contributed by atoms with Crippen LogP contribution in [0.15, 0.2) is 24.3 Å². The SMILES string of the molecule is O=C(C1CCN(CC2CCCCC2)CC1)N1CCc2ccccc21. The molecule has 2 fully saturated rings. The topological polar surface area (TPSA) is 23.6 Å². The lowest BCUT2D eigenvalue weighted by Gasteiger charge is -2.36. The van der Waals surface area contributed by atoms with Gasteiger partial charge in [0.05, 0.1) is 0 Å². The summed E-state index contributed by atoms with van der Waals surface area (Å²) in [5.41, 5.74) is 2.49. The van der Waals surface area contributed by atoms with Gasteiger partial charge in [0.1, 0.15) is 0 Å². The second-order valence-corrected chi connectivity index (χ2v) is 7.95. The van der Waals surface area contributed by atoms with Crippen LogP contribution in [0.1, 0.15) is 50.5 Å². The lowest BCUT2D eigenvalue weighted by molar-refractivity contribution is -0.123. The predicted molar refractivity (Wildman–Crippen MR) is 98.2 cm³/mol. The van der Waals surface area contributed by atoms with Crippen LogP contribution in [0, 0.1) is 11.8 Å². The lowest BCUT2D eigenvalue weighted by atomic mass is 9.87. The summed E-state index contributed by atoms with van der Waals surface area (Å²) in [6.07, 6.45) is 10.2. The molecule has 2 heterocycles. The molecule has 1 saturated heterocycles. The number of piperidine rings is 1. The van der Waals surface area contributed by atoms with E-state index in [1.165, 1.54) is 44.2 Å². The number of benzene rings is 1. The monoisotopic (exact) mass is 326 g/mol. The maximum atomic E-state index is 13.0. The molecule has 0 bridgehead atoms. The third-order valence-corrected chi connectivity index (χ3v) is 6.33. The van der Waals surface area contributed by atoms with Crippen LogP contribution in [0.5, 0.6) is 0 Å². The highest BCUT2D eigenvalue weighted by Crippen LogP contribution is 2.31. The van der Waals surface area contributed by atoms with Crippen molar-refractivity contribution in [1.82, 2.24) is 4.90 Å². The highest BCUT2D eigenvalue weighted by Gasteiger charge is 2.32. The van der Waals surface area contributed by atoms with E-state index in [0.717, 1.165) is 50.5 Å². The number of anilines is 1. The van der Waals surface area contributed by atoms with E-state index in [0.29, 0.717) is 5.91 Å². The number of rotatable bonds is 3. The molecule has 3 nitrogen and oxygen atoms in total. The van der Waals surface area contributed by atoms with Crippen LogP contribution < -0.4 is 4.90 Å². The normalized spacial score (nSPS) is 23.4. The molecule has 0 N–H and O–H groups in total.